The fraction of sp³-hybridized carbons (Fsp3) is 0.364. The minimum absolute atomic E-state index is 0.0952. The number of hydrogen-bond donors (Lipinski definition) is 2. The Hall–Kier alpha value is -0.770. The van der Waals surface area contributed by atoms with Gasteiger partial charge in [-0.2, -0.15) is 0 Å². The van der Waals surface area contributed by atoms with Crippen molar-refractivity contribution in [2.75, 3.05) is 6.61 Å². The second kappa shape index (κ2) is 6.09. The molecule has 2 N–H and O–H groups in total. The minimum Gasteiger partial charge on any atom is -0.394 e. The number of amides is 1. The molecule has 1 atom stereocenters. The van der Waals surface area contributed by atoms with Crippen LogP contribution < -0.4 is 5.32 Å². The van der Waals surface area contributed by atoms with E-state index in [9.17, 15) is 4.79 Å². The molecule has 0 aromatic heterocycles. The van der Waals surface area contributed by atoms with Gasteiger partial charge in [0.05, 0.1) is 13.0 Å². The van der Waals surface area contributed by atoms with E-state index >= 15 is 0 Å². The average molecular weight is 262 g/mol. The molecular formula is C11H13Cl2NO2. The first-order chi connectivity index (χ1) is 7.54. The van der Waals surface area contributed by atoms with Crippen LogP contribution in [0.25, 0.3) is 0 Å². The highest BCUT2D eigenvalue weighted by molar-refractivity contribution is 6.36. The van der Waals surface area contributed by atoms with Gasteiger partial charge in [0.1, 0.15) is 0 Å². The number of nitrogens with one attached hydrogen (secondary N) is 1. The molecule has 0 aliphatic rings. The Morgan fingerprint density at radius 3 is 2.50 bits per heavy atom. The van der Waals surface area contributed by atoms with E-state index in [2.05, 4.69) is 5.32 Å². The molecule has 0 heterocycles. The lowest BCUT2D eigenvalue weighted by molar-refractivity contribution is -0.121. The molecular weight excluding hydrogens is 249 g/mol. The van der Waals surface area contributed by atoms with Gasteiger partial charge in [-0.05, 0) is 24.6 Å². The zero-order valence-electron chi connectivity index (χ0n) is 8.84. The second-order valence-corrected chi connectivity index (χ2v) is 4.34. The molecule has 5 heteroatoms. The molecule has 0 aliphatic heterocycles. The fourth-order valence-corrected chi connectivity index (χ4v) is 1.76. The van der Waals surface area contributed by atoms with Crippen LogP contribution in [-0.2, 0) is 11.2 Å². The van der Waals surface area contributed by atoms with E-state index in [1.807, 2.05) is 0 Å². The van der Waals surface area contributed by atoms with Crippen molar-refractivity contribution >= 4 is 29.1 Å². The lowest BCUT2D eigenvalue weighted by Gasteiger charge is -2.12. The fourth-order valence-electron chi connectivity index (χ4n) is 1.23. The van der Waals surface area contributed by atoms with E-state index < -0.39 is 0 Å². The number of aliphatic hydroxyl groups is 1. The summed E-state index contributed by atoms with van der Waals surface area (Å²) in [6, 6.07) is 4.83. The van der Waals surface area contributed by atoms with Crippen molar-refractivity contribution in [2.24, 2.45) is 0 Å². The van der Waals surface area contributed by atoms with Crippen molar-refractivity contribution in [2.45, 2.75) is 19.4 Å². The minimum atomic E-state index is -0.270. The van der Waals surface area contributed by atoms with Gasteiger partial charge in [-0.1, -0.05) is 29.3 Å². The molecule has 1 amide bonds. The average Bonchev–Trinajstić information content (AvgIpc) is 2.23. The predicted molar refractivity (Wildman–Crippen MR) is 64.9 cm³/mol. The zero-order valence-corrected chi connectivity index (χ0v) is 10.3. The summed E-state index contributed by atoms with van der Waals surface area (Å²) in [5, 5.41) is 12.4. The van der Waals surface area contributed by atoms with Gasteiger partial charge in [0.2, 0.25) is 5.91 Å². The number of rotatable bonds is 4. The van der Waals surface area contributed by atoms with Gasteiger partial charge in [-0.15, -0.1) is 0 Å². The molecule has 0 spiro atoms. The van der Waals surface area contributed by atoms with Crippen LogP contribution in [0.3, 0.4) is 0 Å². The molecule has 0 saturated heterocycles. The van der Waals surface area contributed by atoms with E-state index in [-0.39, 0.29) is 25.0 Å². The molecule has 0 aliphatic carbocycles. The number of carbonyl (C=O) groups is 1. The van der Waals surface area contributed by atoms with Gasteiger partial charge < -0.3 is 10.4 Å². The summed E-state index contributed by atoms with van der Waals surface area (Å²) in [4.78, 5) is 11.5. The summed E-state index contributed by atoms with van der Waals surface area (Å²) in [7, 11) is 0. The van der Waals surface area contributed by atoms with Crippen molar-refractivity contribution in [3.05, 3.63) is 33.8 Å². The lowest BCUT2D eigenvalue weighted by atomic mass is 10.1. The summed E-state index contributed by atoms with van der Waals surface area (Å²) in [5.74, 6) is -0.212. The number of benzene rings is 1. The Bertz CT molecular complexity index is 362. The van der Waals surface area contributed by atoms with Gasteiger partial charge >= 0.3 is 0 Å². The molecule has 0 saturated carbocycles. The van der Waals surface area contributed by atoms with Gasteiger partial charge in [0.15, 0.2) is 0 Å². The summed E-state index contributed by atoms with van der Waals surface area (Å²) in [6.45, 7) is 1.62. The van der Waals surface area contributed by atoms with Crippen molar-refractivity contribution in [1.82, 2.24) is 5.32 Å². The molecule has 0 unspecified atom stereocenters. The third-order valence-corrected chi connectivity index (χ3v) is 2.79. The number of hydrogen-bond acceptors (Lipinski definition) is 2. The van der Waals surface area contributed by atoms with E-state index in [1.54, 1.807) is 25.1 Å². The molecule has 0 bridgehead atoms. The van der Waals surface area contributed by atoms with Gasteiger partial charge in [-0.3, -0.25) is 4.79 Å². The van der Waals surface area contributed by atoms with E-state index in [1.165, 1.54) is 0 Å². The molecule has 1 rings (SSSR count). The number of aliphatic hydroxyl groups excluding tert-OH is 1. The van der Waals surface area contributed by atoms with Crippen LogP contribution in [0.4, 0.5) is 0 Å². The first-order valence-corrected chi connectivity index (χ1v) is 5.63. The Morgan fingerprint density at radius 2 is 2.00 bits per heavy atom. The Morgan fingerprint density at radius 1 is 1.44 bits per heavy atom. The summed E-state index contributed by atoms with van der Waals surface area (Å²) in [5.41, 5.74) is 0.605. The molecule has 3 nitrogen and oxygen atoms in total. The first kappa shape index (κ1) is 13.3. The van der Waals surface area contributed by atoms with E-state index in [0.717, 1.165) is 0 Å². The first-order valence-electron chi connectivity index (χ1n) is 4.87. The Kier molecular flexibility index (Phi) is 5.06. The normalized spacial score (nSPS) is 12.2. The third-order valence-electron chi connectivity index (χ3n) is 2.08. The van der Waals surface area contributed by atoms with Gasteiger partial charge in [0, 0.05) is 16.1 Å². The molecule has 1 aromatic carbocycles. The summed E-state index contributed by atoms with van der Waals surface area (Å²) in [6.07, 6.45) is 0.114. The Balaban J connectivity index is 2.70. The van der Waals surface area contributed by atoms with Crippen LogP contribution in [0.2, 0.25) is 10.0 Å². The standard InChI is InChI=1S/C11H13Cl2NO2/c1-7(6-15)14-11(16)5-8-9(12)3-2-4-10(8)13/h2-4,7,15H,5-6H2,1H3,(H,14,16)/t7-/m0/s1. The molecule has 0 radical (unpaired) electrons. The van der Waals surface area contributed by atoms with E-state index in [4.69, 9.17) is 28.3 Å². The molecule has 16 heavy (non-hydrogen) atoms. The van der Waals surface area contributed by atoms with Crippen LogP contribution in [0.15, 0.2) is 18.2 Å². The maximum absolute atomic E-state index is 11.5. The van der Waals surface area contributed by atoms with Crippen LogP contribution in [0, 0.1) is 0 Å². The highest BCUT2D eigenvalue weighted by Crippen LogP contribution is 2.24. The quantitative estimate of drug-likeness (QED) is 0.872. The van der Waals surface area contributed by atoms with Crippen LogP contribution >= 0.6 is 23.2 Å². The summed E-state index contributed by atoms with van der Waals surface area (Å²) >= 11 is 11.9. The maximum Gasteiger partial charge on any atom is 0.224 e. The molecule has 0 fully saturated rings. The van der Waals surface area contributed by atoms with Crippen molar-refractivity contribution in [1.29, 1.82) is 0 Å². The highest BCUT2D eigenvalue weighted by Gasteiger charge is 2.12. The SMILES string of the molecule is C[C@@H](CO)NC(=O)Cc1c(Cl)cccc1Cl. The Labute approximate surface area is 104 Å². The zero-order chi connectivity index (χ0) is 12.1. The lowest BCUT2D eigenvalue weighted by Crippen LogP contribution is -2.36. The predicted octanol–water partition coefficient (Wildman–Crippen LogP) is 2.03. The van der Waals surface area contributed by atoms with Crippen molar-refractivity contribution < 1.29 is 9.90 Å². The van der Waals surface area contributed by atoms with Crippen LogP contribution in [-0.4, -0.2) is 23.7 Å². The largest absolute Gasteiger partial charge is 0.394 e. The molecule has 1 aromatic rings. The third kappa shape index (κ3) is 3.67. The van der Waals surface area contributed by atoms with Crippen LogP contribution in [0.1, 0.15) is 12.5 Å². The van der Waals surface area contributed by atoms with E-state index in [0.29, 0.717) is 15.6 Å². The highest BCUT2D eigenvalue weighted by atomic mass is 35.5. The smallest absolute Gasteiger partial charge is 0.224 e. The van der Waals surface area contributed by atoms with Gasteiger partial charge in [-0.25, -0.2) is 0 Å². The van der Waals surface area contributed by atoms with Crippen LogP contribution in [0.5, 0.6) is 0 Å². The second-order valence-electron chi connectivity index (χ2n) is 3.53. The summed E-state index contributed by atoms with van der Waals surface area (Å²) < 4.78 is 0. The number of halogens is 2. The van der Waals surface area contributed by atoms with Gasteiger partial charge in [0.25, 0.3) is 0 Å². The maximum atomic E-state index is 11.5. The van der Waals surface area contributed by atoms with Crippen molar-refractivity contribution in [3.63, 3.8) is 0 Å². The topological polar surface area (TPSA) is 49.3 Å². The molecule has 88 valence electrons. The number of carbonyl (C=O) groups excluding carboxylic acids is 1. The monoisotopic (exact) mass is 261 g/mol. The van der Waals surface area contributed by atoms with Crippen molar-refractivity contribution in [3.8, 4) is 0 Å².